The molecular formula is C18H20F3N5O2. The number of piperidine rings is 1. The fourth-order valence-electron chi connectivity index (χ4n) is 2.98. The van der Waals surface area contributed by atoms with Crippen LogP contribution in [0.2, 0.25) is 0 Å². The van der Waals surface area contributed by atoms with Crippen LogP contribution in [-0.4, -0.2) is 47.2 Å². The molecule has 7 nitrogen and oxygen atoms in total. The molecule has 3 N–H and O–H groups in total. The zero-order valence-electron chi connectivity index (χ0n) is 15.1. The summed E-state index contributed by atoms with van der Waals surface area (Å²) in [6.07, 6.45) is 1.24. The van der Waals surface area contributed by atoms with Gasteiger partial charge < -0.3 is 16.0 Å². The molecule has 2 aromatic rings. The van der Waals surface area contributed by atoms with E-state index >= 15 is 0 Å². The quantitative estimate of drug-likeness (QED) is 0.687. The molecule has 2 amide bonds. The molecule has 0 aliphatic carbocycles. The lowest BCUT2D eigenvalue weighted by Gasteiger charge is -2.31. The maximum atomic E-state index is 13.8. The molecule has 3 rings (SSSR count). The van der Waals surface area contributed by atoms with E-state index in [2.05, 4.69) is 21.0 Å². The van der Waals surface area contributed by atoms with Crippen molar-refractivity contribution in [3.8, 4) is 5.69 Å². The molecule has 150 valence electrons. The molecule has 1 aromatic carbocycles. The Morgan fingerprint density at radius 3 is 2.82 bits per heavy atom. The van der Waals surface area contributed by atoms with Crippen molar-refractivity contribution in [1.29, 1.82) is 0 Å². The SMILES string of the molecule is Cc1cc(F)ccc1-n1ccc(NC(=O)C(=O)NCC2CNCCC2(F)F)n1. The van der Waals surface area contributed by atoms with Crippen molar-refractivity contribution < 1.29 is 22.8 Å². The molecular weight excluding hydrogens is 375 g/mol. The number of nitrogens with zero attached hydrogens (tertiary/aromatic N) is 2. The topological polar surface area (TPSA) is 88.0 Å². The minimum atomic E-state index is -2.89. The van der Waals surface area contributed by atoms with Gasteiger partial charge in [0.05, 0.1) is 11.6 Å². The second-order valence-electron chi connectivity index (χ2n) is 6.65. The highest BCUT2D eigenvalue weighted by Gasteiger charge is 2.41. The molecule has 1 fully saturated rings. The average molecular weight is 395 g/mol. The third kappa shape index (κ3) is 4.50. The lowest BCUT2D eigenvalue weighted by Crippen LogP contribution is -2.50. The van der Waals surface area contributed by atoms with Crippen LogP contribution >= 0.6 is 0 Å². The molecule has 0 saturated carbocycles. The Balaban J connectivity index is 1.57. The molecule has 1 aliphatic rings. The van der Waals surface area contributed by atoms with Crippen molar-refractivity contribution in [2.45, 2.75) is 19.3 Å². The number of rotatable bonds is 4. The predicted molar refractivity (Wildman–Crippen MR) is 95.8 cm³/mol. The molecule has 2 heterocycles. The van der Waals surface area contributed by atoms with Crippen LogP contribution < -0.4 is 16.0 Å². The first-order valence-corrected chi connectivity index (χ1v) is 8.76. The summed E-state index contributed by atoms with van der Waals surface area (Å²) in [6.45, 7) is 1.68. The smallest absolute Gasteiger partial charge is 0.314 e. The maximum Gasteiger partial charge on any atom is 0.314 e. The Kier molecular flexibility index (Phi) is 5.68. The van der Waals surface area contributed by atoms with Gasteiger partial charge in [-0.3, -0.25) is 9.59 Å². The highest BCUT2D eigenvalue weighted by atomic mass is 19.3. The second-order valence-corrected chi connectivity index (χ2v) is 6.65. The van der Waals surface area contributed by atoms with E-state index in [1.165, 1.54) is 28.9 Å². The van der Waals surface area contributed by atoms with Gasteiger partial charge in [-0.25, -0.2) is 17.9 Å². The van der Waals surface area contributed by atoms with E-state index in [0.717, 1.165) is 0 Å². The van der Waals surface area contributed by atoms with Crippen molar-refractivity contribution in [3.63, 3.8) is 0 Å². The molecule has 1 atom stereocenters. The van der Waals surface area contributed by atoms with Gasteiger partial charge in [-0.2, -0.15) is 5.10 Å². The van der Waals surface area contributed by atoms with E-state index in [0.29, 0.717) is 11.3 Å². The van der Waals surface area contributed by atoms with Gasteiger partial charge in [0.25, 0.3) is 5.92 Å². The van der Waals surface area contributed by atoms with Crippen LogP contribution in [0.15, 0.2) is 30.5 Å². The van der Waals surface area contributed by atoms with E-state index in [9.17, 15) is 22.8 Å². The number of carbonyl (C=O) groups is 2. The number of hydrogen-bond donors (Lipinski definition) is 3. The van der Waals surface area contributed by atoms with Crippen LogP contribution in [0.25, 0.3) is 5.69 Å². The molecule has 0 radical (unpaired) electrons. The highest BCUT2D eigenvalue weighted by molar-refractivity contribution is 6.39. The standard InChI is InChI=1S/C18H20F3N5O2/c1-11-8-13(19)2-3-14(11)26-7-4-15(25-26)24-17(28)16(27)23-10-12-9-22-6-5-18(12,20)21/h2-4,7-8,12,22H,5-6,9-10H2,1H3,(H,23,27)(H,24,25,28). The first kappa shape index (κ1) is 19.9. The summed E-state index contributed by atoms with van der Waals surface area (Å²) < 4.78 is 42.2. The average Bonchev–Trinajstić information content (AvgIpc) is 3.08. The van der Waals surface area contributed by atoms with Crippen LogP contribution in [-0.2, 0) is 9.59 Å². The number of hydrogen-bond acceptors (Lipinski definition) is 4. The van der Waals surface area contributed by atoms with Crippen molar-refractivity contribution in [2.24, 2.45) is 5.92 Å². The normalized spacial score (nSPS) is 18.5. The Morgan fingerprint density at radius 2 is 2.11 bits per heavy atom. The lowest BCUT2D eigenvalue weighted by atomic mass is 9.95. The number of aryl methyl sites for hydroxylation is 1. The summed E-state index contributed by atoms with van der Waals surface area (Å²) in [6, 6.07) is 5.63. The van der Waals surface area contributed by atoms with Crippen LogP contribution in [0.5, 0.6) is 0 Å². The Labute approximate surface area is 159 Å². The van der Waals surface area contributed by atoms with E-state index in [4.69, 9.17) is 0 Å². The number of nitrogens with one attached hydrogen (secondary N) is 3. The van der Waals surface area contributed by atoms with E-state index in [-0.39, 0.29) is 37.7 Å². The van der Waals surface area contributed by atoms with E-state index in [1.807, 2.05) is 0 Å². The molecule has 1 saturated heterocycles. The number of aromatic nitrogens is 2. The first-order valence-electron chi connectivity index (χ1n) is 8.76. The predicted octanol–water partition coefficient (Wildman–Crippen LogP) is 1.62. The van der Waals surface area contributed by atoms with E-state index < -0.39 is 23.7 Å². The number of alkyl halides is 2. The van der Waals surface area contributed by atoms with Gasteiger partial charge in [0.2, 0.25) is 0 Å². The maximum absolute atomic E-state index is 13.8. The van der Waals surface area contributed by atoms with Crippen LogP contribution in [0.1, 0.15) is 12.0 Å². The summed E-state index contributed by atoms with van der Waals surface area (Å²) in [5, 5.41) is 11.5. The number of benzene rings is 1. The largest absolute Gasteiger partial charge is 0.347 e. The van der Waals surface area contributed by atoms with Gasteiger partial charge in [-0.15, -0.1) is 0 Å². The molecule has 1 aromatic heterocycles. The summed E-state index contributed by atoms with van der Waals surface area (Å²) in [4.78, 5) is 23.9. The molecule has 0 bridgehead atoms. The van der Waals surface area contributed by atoms with Crippen LogP contribution in [0.4, 0.5) is 19.0 Å². The summed E-state index contributed by atoms with van der Waals surface area (Å²) in [7, 11) is 0. The van der Waals surface area contributed by atoms with Crippen molar-refractivity contribution in [2.75, 3.05) is 25.0 Å². The fraction of sp³-hybridized carbons (Fsp3) is 0.389. The number of amides is 2. The van der Waals surface area contributed by atoms with Gasteiger partial charge in [-0.05, 0) is 30.7 Å². The number of carbonyl (C=O) groups excluding carboxylic acids is 2. The first-order chi connectivity index (χ1) is 13.3. The molecule has 28 heavy (non-hydrogen) atoms. The highest BCUT2D eigenvalue weighted by Crippen LogP contribution is 2.29. The third-order valence-electron chi connectivity index (χ3n) is 4.57. The van der Waals surface area contributed by atoms with Gasteiger partial charge in [0, 0.05) is 38.3 Å². The minimum Gasteiger partial charge on any atom is -0.347 e. The third-order valence-corrected chi connectivity index (χ3v) is 4.57. The van der Waals surface area contributed by atoms with Crippen molar-refractivity contribution in [1.82, 2.24) is 20.4 Å². The summed E-state index contributed by atoms with van der Waals surface area (Å²) >= 11 is 0. The molecule has 1 aliphatic heterocycles. The van der Waals surface area contributed by atoms with Crippen LogP contribution in [0, 0.1) is 18.7 Å². The Morgan fingerprint density at radius 1 is 1.32 bits per heavy atom. The van der Waals surface area contributed by atoms with Crippen molar-refractivity contribution >= 4 is 17.6 Å². The number of halogens is 3. The monoisotopic (exact) mass is 395 g/mol. The second kappa shape index (κ2) is 8.01. The van der Waals surface area contributed by atoms with Crippen molar-refractivity contribution in [3.05, 3.63) is 41.8 Å². The molecule has 10 heteroatoms. The zero-order valence-corrected chi connectivity index (χ0v) is 15.1. The van der Waals surface area contributed by atoms with Gasteiger partial charge >= 0.3 is 11.8 Å². The summed E-state index contributed by atoms with van der Waals surface area (Å²) in [5.41, 5.74) is 1.25. The van der Waals surface area contributed by atoms with Gasteiger partial charge in [-0.1, -0.05) is 0 Å². The summed E-state index contributed by atoms with van der Waals surface area (Å²) in [5.74, 6) is -6.26. The van der Waals surface area contributed by atoms with Crippen LogP contribution in [0.3, 0.4) is 0 Å². The van der Waals surface area contributed by atoms with E-state index in [1.54, 1.807) is 13.1 Å². The van der Waals surface area contributed by atoms with Gasteiger partial charge in [0.15, 0.2) is 5.82 Å². The Bertz CT molecular complexity index is 884. The molecule has 1 unspecified atom stereocenters. The molecule has 0 spiro atoms. The minimum absolute atomic E-state index is 0.0658. The van der Waals surface area contributed by atoms with Gasteiger partial charge in [0.1, 0.15) is 5.82 Å². The lowest BCUT2D eigenvalue weighted by molar-refractivity contribution is -0.137. The zero-order chi connectivity index (χ0) is 20.3. The Hall–Kier alpha value is -2.88. The number of anilines is 1. The fourth-order valence-corrected chi connectivity index (χ4v) is 2.98.